The van der Waals surface area contributed by atoms with Gasteiger partial charge in [0, 0.05) is 11.8 Å². The van der Waals surface area contributed by atoms with Crippen molar-refractivity contribution in [3.8, 4) is 5.75 Å². The summed E-state index contributed by atoms with van der Waals surface area (Å²) in [5.74, 6) is -0.318. The molecule has 3 nitrogen and oxygen atoms in total. The van der Waals surface area contributed by atoms with Gasteiger partial charge in [0.15, 0.2) is 0 Å². The smallest absolute Gasteiger partial charge is 0.235 e. The molecule has 0 spiro atoms. The average Bonchev–Trinajstić information content (AvgIpc) is 3.21. The predicted octanol–water partition coefficient (Wildman–Crippen LogP) is 3.20. The molecule has 1 aliphatic rings. The second-order valence-corrected chi connectivity index (χ2v) is 5.09. The van der Waals surface area contributed by atoms with Gasteiger partial charge in [-0.3, -0.25) is 4.79 Å². The van der Waals surface area contributed by atoms with Crippen LogP contribution in [0.1, 0.15) is 18.4 Å². The van der Waals surface area contributed by atoms with Crippen LogP contribution in [0.4, 0.5) is 10.1 Å². The fourth-order valence-electron chi connectivity index (χ4n) is 2.38. The quantitative estimate of drug-likeness (QED) is 0.900. The molecule has 0 radical (unpaired) electrons. The Morgan fingerprint density at radius 3 is 2.45 bits per heavy atom. The number of carbonyl (C=O) groups excluding carboxylic acids is 1. The Hall–Kier alpha value is -2.36. The highest BCUT2D eigenvalue weighted by atomic mass is 19.1. The summed E-state index contributed by atoms with van der Waals surface area (Å²) in [4.78, 5) is 12.4. The van der Waals surface area contributed by atoms with E-state index in [-0.39, 0.29) is 17.5 Å². The van der Waals surface area contributed by atoms with Crippen molar-refractivity contribution < 1.29 is 14.3 Å². The molecule has 0 atom stereocenters. The molecule has 20 heavy (non-hydrogen) atoms. The van der Waals surface area contributed by atoms with Gasteiger partial charge in [-0.15, -0.1) is 0 Å². The maximum Gasteiger partial charge on any atom is 0.235 e. The fourth-order valence-corrected chi connectivity index (χ4v) is 2.38. The lowest BCUT2D eigenvalue weighted by Gasteiger charge is -2.16. The number of aromatic hydroxyl groups is 1. The Kier molecular flexibility index (Phi) is 2.93. The molecule has 0 heterocycles. The Morgan fingerprint density at radius 2 is 1.85 bits per heavy atom. The lowest BCUT2D eigenvalue weighted by Crippen LogP contribution is -2.27. The summed E-state index contributed by atoms with van der Waals surface area (Å²) in [5, 5.41) is 12.2. The summed E-state index contributed by atoms with van der Waals surface area (Å²) >= 11 is 0. The molecule has 2 N–H and O–H groups in total. The van der Waals surface area contributed by atoms with Crippen LogP contribution in [-0.4, -0.2) is 11.0 Å². The second-order valence-electron chi connectivity index (χ2n) is 5.09. The Morgan fingerprint density at radius 1 is 1.15 bits per heavy atom. The molecule has 1 saturated carbocycles. The van der Waals surface area contributed by atoms with Gasteiger partial charge >= 0.3 is 0 Å². The Bertz CT molecular complexity index is 648. The molecule has 1 fully saturated rings. The summed E-state index contributed by atoms with van der Waals surface area (Å²) in [6.45, 7) is 0. The van der Waals surface area contributed by atoms with E-state index >= 15 is 0 Å². The van der Waals surface area contributed by atoms with Crippen molar-refractivity contribution in [2.45, 2.75) is 18.3 Å². The van der Waals surface area contributed by atoms with Gasteiger partial charge in [0.1, 0.15) is 11.6 Å². The highest BCUT2D eigenvalue weighted by Gasteiger charge is 2.51. The lowest BCUT2D eigenvalue weighted by atomic mass is 9.95. The van der Waals surface area contributed by atoms with Gasteiger partial charge < -0.3 is 10.4 Å². The molecule has 4 heteroatoms. The SMILES string of the molecule is O=C(Nc1cccc(O)c1)C1(c2ccc(F)cc2)CC1. The zero-order chi connectivity index (χ0) is 14.2. The molecule has 1 amide bonds. The number of phenolic OH excluding ortho intramolecular Hbond substituents is 1. The number of hydrogen-bond acceptors (Lipinski definition) is 2. The van der Waals surface area contributed by atoms with Crippen LogP contribution in [0.5, 0.6) is 5.75 Å². The van der Waals surface area contributed by atoms with E-state index in [1.54, 1.807) is 30.3 Å². The van der Waals surface area contributed by atoms with E-state index in [0.29, 0.717) is 5.69 Å². The van der Waals surface area contributed by atoms with Crippen molar-refractivity contribution in [2.24, 2.45) is 0 Å². The van der Waals surface area contributed by atoms with E-state index < -0.39 is 5.41 Å². The van der Waals surface area contributed by atoms with Crippen LogP contribution in [-0.2, 0) is 10.2 Å². The van der Waals surface area contributed by atoms with Gasteiger partial charge in [-0.1, -0.05) is 18.2 Å². The van der Waals surface area contributed by atoms with Gasteiger partial charge in [0.05, 0.1) is 5.41 Å². The third-order valence-electron chi connectivity index (χ3n) is 3.69. The highest BCUT2D eigenvalue weighted by molar-refractivity contribution is 6.01. The van der Waals surface area contributed by atoms with Gasteiger partial charge in [-0.2, -0.15) is 0 Å². The molecule has 0 aromatic heterocycles. The van der Waals surface area contributed by atoms with Crippen LogP contribution in [0, 0.1) is 5.82 Å². The number of carbonyl (C=O) groups is 1. The minimum atomic E-state index is -0.556. The van der Waals surface area contributed by atoms with Crippen LogP contribution < -0.4 is 5.32 Å². The molecule has 102 valence electrons. The van der Waals surface area contributed by atoms with Crippen molar-refractivity contribution in [1.29, 1.82) is 0 Å². The monoisotopic (exact) mass is 271 g/mol. The summed E-state index contributed by atoms with van der Waals surface area (Å²) in [5.41, 5.74) is 0.832. The first-order valence-corrected chi connectivity index (χ1v) is 6.47. The fraction of sp³-hybridized carbons (Fsp3) is 0.188. The maximum absolute atomic E-state index is 13.0. The third-order valence-corrected chi connectivity index (χ3v) is 3.69. The number of amides is 1. The van der Waals surface area contributed by atoms with Crippen LogP contribution in [0.3, 0.4) is 0 Å². The molecule has 0 aliphatic heterocycles. The molecule has 2 aromatic carbocycles. The van der Waals surface area contributed by atoms with Crippen molar-refractivity contribution in [2.75, 3.05) is 5.32 Å². The number of nitrogens with one attached hydrogen (secondary N) is 1. The third kappa shape index (κ3) is 2.25. The van der Waals surface area contributed by atoms with Crippen molar-refractivity contribution in [3.05, 3.63) is 59.9 Å². The van der Waals surface area contributed by atoms with Crippen LogP contribution in [0.25, 0.3) is 0 Å². The largest absolute Gasteiger partial charge is 0.508 e. The standard InChI is InChI=1S/C16H14FNO2/c17-12-6-4-11(5-7-12)16(8-9-16)15(20)18-13-2-1-3-14(19)10-13/h1-7,10,19H,8-9H2,(H,18,20). The summed E-state index contributed by atoms with van der Waals surface area (Å²) in [6, 6.07) is 12.5. The zero-order valence-corrected chi connectivity index (χ0v) is 10.8. The second kappa shape index (κ2) is 4.63. The van der Waals surface area contributed by atoms with Gasteiger partial charge in [-0.05, 0) is 42.7 Å². The van der Waals surface area contributed by atoms with Gasteiger partial charge in [0.2, 0.25) is 5.91 Å². The predicted molar refractivity (Wildman–Crippen MR) is 74.0 cm³/mol. The number of halogens is 1. The number of benzene rings is 2. The van der Waals surface area contributed by atoms with Gasteiger partial charge in [0.25, 0.3) is 0 Å². The summed E-state index contributed by atoms with van der Waals surface area (Å²) in [6.07, 6.45) is 1.51. The first-order valence-electron chi connectivity index (χ1n) is 6.47. The zero-order valence-electron chi connectivity index (χ0n) is 10.8. The molecule has 0 bridgehead atoms. The summed E-state index contributed by atoms with van der Waals surface area (Å²) < 4.78 is 13.0. The molecule has 1 aliphatic carbocycles. The van der Waals surface area contributed by atoms with E-state index in [2.05, 4.69) is 5.32 Å². The van der Waals surface area contributed by atoms with E-state index in [4.69, 9.17) is 0 Å². The van der Waals surface area contributed by atoms with Crippen LogP contribution in [0.15, 0.2) is 48.5 Å². The van der Waals surface area contributed by atoms with E-state index in [0.717, 1.165) is 18.4 Å². The average molecular weight is 271 g/mol. The molecule has 3 rings (SSSR count). The normalized spacial score (nSPS) is 15.7. The van der Waals surface area contributed by atoms with Crippen LogP contribution in [0.2, 0.25) is 0 Å². The maximum atomic E-state index is 13.0. The van der Waals surface area contributed by atoms with Crippen LogP contribution >= 0.6 is 0 Å². The lowest BCUT2D eigenvalue weighted by molar-refractivity contribution is -0.118. The summed E-state index contributed by atoms with van der Waals surface area (Å²) in [7, 11) is 0. The first-order chi connectivity index (χ1) is 9.60. The molecule has 0 unspecified atom stereocenters. The minimum Gasteiger partial charge on any atom is -0.508 e. The highest BCUT2D eigenvalue weighted by Crippen LogP contribution is 2.49. The number of rotatable bonds is 3. The molecular formula is C16H14FNO2. The van der Waals surface area contributed by atoms with E-state index in [9.17, 15) is 14.3 Å². The van der Waals surface area contributed by atoms with E-state index in [1.165, 1.54) is 18.2 Å². The number of phenols is 1. The van der Waals surface area contributed by atoms with Crippen molar-refractivity contribution >= 4 is 11.6 Å². The number of anilines is 1. The van der Waals surface area contributed by atoms with E-state index in [1.807, 2.05) is 0 Å². The van der Waals surface area contributed by atoms with Crippen molar-refractivity contribution in [3.63, 3.8) is 0 Å². The molecular weight excluding hydrogens is 257 g/mol. The molecule has 2 aromatic rings. The Labute approximate surface area is 116 Å². The van der Waals surface area contributed by atoms with Gasteiger partial charge in [-0.25, -0.2) is 4.39 Å². The first kappa shape index (κ1) is 12.7. The topological polar surface area (TPSA) is 49.3 Å². The molecule has 0 saturated heterocycles. The number of hydrogen-bond donors (Lipinski definition) is 2. The Balaban J connectivity index is 1.81. The van der Waals surface area contributed by atoms with Crippen molar-refractivity contribution in [1.82, 2.24) is 0 Å². The minimum absolute atomic E-state index is 0.106.